The summed E-state index contributed by atoms with van der Waals surface area (Å²) in [6.07, 6.45) is 3.36. The molecule has 1 aromatic rings. The van der Waals surface area contributed by atoms with Crippen LogP contribution < -0.4 is 10.1 Å². The summed E-state index contributed by atoms with van der Waals surface area (Å²) in [7, 11) is 0. The number of nitrogens with one attached hydrogen (secondary N) is 1. The monoisotopic (exact) mass is 408 g/mol. The molecule has 152 valence electrons. The summed E-state index contributed by atoms with van der Waals surface area (Å²) in [5.74, 6) is 0.0724. The van der Waals surface area contributed by atoms with Gasteiger partial charge in [-0.05, 0) is 31.0 Å². The lowest BCUT2D eigenvalue weighted by atomic mass is 9.93. The molecule has 0 aliphatic carbocycles. The second kappa shape index (κ2) is 8.27. The van der Waals surface area contributed by atoms with E-state index in [0.717, 1.165) is 19.4 Å². The van der Waals surface area contributed by atoms with Gasteiger partial charge in [0.2, 0.25) is 5.91 Å². The lowest BCUT2D eigenvalue weighted by Gasteiger charge is -2.38. The van der Waals surface area contributed by atoms with Crippen LogP contribution in [-0.2, 0) is 14.3 Å². The number of rotatable bonds is 4. The van der Waals surface area contributed by atoms with Gasteiger partial charge in [-0.2, -0.15) is 0 Å². The maximum Gasteiger partial charge on any atom is 0.258 e. The number of hydrogen-bond donors (Lipinski definition) is 1. The third kappa shape index (κ3) is 4.26. The number of amides is 2. The first-order valence-corrected chi connectivity index (χ1v) is 10.2. The van der Waals surface area contributed by atoms with Gasteiger partial charge in [0.15, 0.2) is 0 Å². The molecule has 2 saturated heterocycles. The van der Waals surface area contributed by atoms with E-state index in [2.05, 4.69) is 5.32 Å². The van der Waals surface area contributed by atoms with Crippen molar-refractivity contribution in [2.75, 3.05) is 39.5 Å². The molecule has 28 heavy (non-hydrogen) atoms. The average molecular weight is 409 g/mol. The molecule has 0 bridgehead atoms. The zero-order valence-electron chi connectivity index (χ0n) is 15.7. The Morgan fingerprint density at radius 3 is 2.86 bits per heavy atom. The largest absolute Gasteiger partial charge is 0.484 e. The molecule has 4 rings (SSSR count). The third-order valence-corrected chi connectivity index (χ3v) is 5.79. The first-order valence-electron chi connectivity index (χ1n) is 9.79. The van der Waals surface area contributed by atoms with Crippen molar-refractivity contribution in [2.24, 2.45) is 0 Å². The Bertz CT molecular complexity index is 744. The molecule has 3 aliphatic heterocycles. The van der Waals surface area contributed by atoms with E-state index in [0.29, 0.717) is 55.5 Å². The third-order valence-electron chi connectivity index (χ3n) is 5.55. The first-order chi connectivity index (χ1) is 13.5. The van der Waals surface area contributed by atoms with Gasteiger partial charge in [-0.1, -0.05) is 11.6 Å². The minimum absolute atomic E-state index is 0.0243. The Hall–Kier alpha value is -1.83. The summed E-state index contributed by atoms with van der Waals surface area (Å²) in [5, 5.41) is 3.35. The number of nitrogens with zero attached hydrogens (tertiary/aromatic N) is 1. The van der Waals surface area contributed by atoms with E-state index < -0.39 is 5.60 Å². The quantitative estimate of drug-likeness (QED) is 0.824. The fourth-order valence-electron chi connectivity index (χ4n) is 4.01. The van der Waals surface area contributed by atoms with Gasteiger partial charge in [0, 0.05) is 31.0 Å². The molecular weight excluding hydrogens is 384 g/mol. The van der Waals surface area contributed by atoms with Crippen LogP contribution >= 0.6 is 11.6 Å². The highest BCUT2D eigenvalue weighted by molar-refractivity contribution is 6.31. The molecule has 0 aromatic heterocycles. The number of ether oxygens (including phenoxy) is 3. The van der Waals surface area contributed by atoms with Crippen molar-refractivity contribution in [1.82, 2.24) is 10.2 Å². The van der Waals surface area contributed by atoms with E-state index in [1.54, 1.807) is 23.1 Å². The van der Waals surface area contributed by atoms with Crippen LogP contribution in [0.25, 0.3) is 0 Å². The predicted molar refractivity (Wildman–Crippen MR) is 103 cm³/mol. The minimum Gasteiger partial charge on any atom is -0.484 e. The summed E-state index contributed by atoms with van der Waals surface area (Å²) < 4.78 is 17.3. The summed E-state index contributed by atoms with van der Waals surface area (Å²) in [6, 6.07) is 5.05. The fraction of sp³-hybridized carbons (Fsp3) is 0.600. The molecule has 1 N–H and O–H groups in total. The highest BCUT2D eigenvalue weighted by Crippen LogP contribution is 2.36. The number of carbonyl (C=O) groups is 2. The van der Waals surface area contributed by atoms with Crippen LogP contribution in [0.15, 0.2) is 18.2 Å². The van der Waals surface area contributed by atoms with Gasteiger partial charge in [-0.25, -0.2) is 0 Å². The molecule has 1 unspecified atom stereocenters. The van der Waals surface area contributed by atoms with Crippen molar-refractivity contribution >= 4 is 23.4 Å². The van der Waals surface area contributed by atoms with E-state index in [-0.39, 0.29) is 24.5 Å². The van der Waals surface area contributed by atoms with Gasteiger partial charge < -0.3 is 24.4 Å². The van der Waals surface area contributed by atoms with Crippen LogP contribution in [0.2, 0.25) is 5.02 Å². The standard InChI is InChI=1S/C20H25ClN2O5/c21-14-3-4-17-16(10-14)19(25)23(13-20(28-17)5-8-26-9-6-20)12-18(24)22-11-15-2-1-7-27-15/h3-4,10,15H,1-2,5-9,11-13H2,(H,22,24). The second-order valence-electron chi connectivity index (χ2n) is 7.64. The van der Waals surface area contributed by atoms with Gasteiger partial charge in [0.05, 0.1) is 38.0 Å². The van der Waals surface area contributed by atoms with E-state index in [4.69, 9.17) is 25.8 Å². The highest BCUT2D eigenvalue weighted by atomic mass is 35.5. The van der Waals surface area contributed by atoms with Crippen molar-refractivity contribution in [3.05, 3.63) is 28.8 Å². The van der Waals surface area contributed by atoms with Crippen LogP contribution in [0.5, 0.6) is 5.75 Å². The van der Waals surface area contributed by atoms with Crippen LogP contribution in [0.1, 0.15) is 36.0 Å². The highest BCUT2D eigenvalue weighted by Gasteiger charge is 2.42. The van der Waals surface area contributed by atoms with Crippen LogP contribution in [0, 0.1) is 0 Å². The molecular formula is C20H25ClN2O5. The van der Waals surface area contributed by atoms with Crippen LogP contribution in [-0.4, -0.2) is 67.9 Å². The normalized spacial score (nSPS) is 23.8. The van der Waals surface area contributed by atoms with E-state index in [1.807, 2.05) is 0 Å². The number of fused-ring (bicyclic) bond motifs is 1. The maximum absolute atomic E-state index is 13.2. The molecule has 0 saturated carbocycles. The van der Waals surface area contributed by atoms with Gasteiger partial charge in [0.1, 0.15) is 11.4 Å². The Labute approximate surface area is 169 Å². The molecule has 2 fully saturated rings. The lowest BCUT2D eigenvalue weighted by molar-refractivity contribution is -0.123. The second-order valence-corrected chi connectivity index (χ2v) is 8.07. The Balaban J connectivity index is 1.52. The Kier molecular flexibility index (Phi) is 5.75. The van der Waals surface area contributed by atoms with Crippen LogP contribution in [0.4, 0.5) is 0 Å². The first kappa shape index (κ1) is 19.5. The Morgan fingerprint density at radius 1 is 1.29 bits per heavy atom. The van der Waals surface area contributed by atoms with Gasteiger partial charge in [0.25, 0.3) is 5.91 Å². The van der Waals surface area contributed by atoms with Crippen molar-refractivity contribution in [2.45, 2.75) is 37.4 Å². The van der Waals surface area contributed by atoms with Crippen molar-refractivity contribution < 1.29 is 23.8 Å². The molecule has 8 heteroatoms. The van der Waals surface area contributed by atoms with Gasteiger partial charge in [-0.15, -0.1) is 0 Å². The Morgan fingerprint density at radius 2 is 2.11 bits per heavy atom. The fourth-order valence-corrected chi connectivity index (χ4v) is 4.18. The molecule has 1 atom stereocenters. The van der Waals surface area contributed by atoms with E-state index in [1.165, 1.54) is 0 Å². The molecule has 7 nitrogen and oxygen atoms in total. The lowest BCUT2D eigenvalue weighted by Crippen LogP contribution is -2.52. The summed E-state index contributed by atoms with van der Waals surface area (Å²) in [4.78, 5) is 27.3. The number of halogens is 1. The smallest absolute Gasteiger partial charge is 0.258 e. The summed E-state index contributed by atoms with van der Waals surface area (Å²) in [6.45, 7) is 2.66. The van der Waals surface area contributed by atoms with Crippen LogP contribution in [0.3, 0.4) is 0 Å². The molecule has 1 aromatic carbocycles. The van der Waals surface area contributed by atoms with Crippen molar-refractivity contribution in [3.63, 3.8) is 0 Å². The number of benzene rings is 1. The summed E-state index contributed by atoms with van der Waals surface area (Å²) >= 11 is 6.11. The number of hydrogen-bond acceptors (Lipinski definition) is 5. The molecule has 2 amide bonds. The molecule has 1 spiro atoms. The van der Waals surface area contributed by atoms with E-state index in [9.17, 15) is 9.59 Å². The van der Waals surface area contributed by atoms with Gasteiger partial charge >= 0.3 is 0 Å². The van der Waals surface area contributed by atoms with Gasteiger partial charge in [-0.3, -0.25) is 9.59 Å². The predicted octanol–water partition coefficient (Wildman–Crippen LogP) is 2.02. The van der Waals surface area contributed by atoms with Crippen molar-refractivity contribution in [3.8, 4) is 5.75 Å². The number of carbonyl (C=O) groups excluding carboxylic acids is 2. The minimum atomic E-state index is -0.554. The SMILES string of the molecule is O=C(CN1CC2(CCOCC2)Oc2ccc(Cl)cc2C1=O)NCC1CCCO1. The zero-order chi connectivity index (χ0) is 19.6. The molecule has 3 aliphatic rings. The molecule has 0 radical (unpaired) electrons. The average Bonchev–Trinajstić information content (AvgIpc) is 3.18. The van der Waals surface area contributed by atoms with Crippen molar-refractivity contribution in [1.29, 1.82) is 0 Å². The summed E-state index contributed by atoms with van der Waals surface area (Å²) in [5.41, 5.74) is -0.162. The maximum atomic E-state index is 13.2. The zero-order valence-corrected chi connectivity index (χ0v) is 16.5. The topological polar surface area (TPSA) is 77.1 Å². The molecule has 3 heterocycles. The van der Waals surface area contributed by atoms with E-state index >= 15 is 0 Å².